The van der Waals surface area contributed by atoms with Gasteiger partial charge in [0.15, 0.2) is 9.84 Å². The maximum Gasteiger partial charge on any atom is 0.200 e. The van der Waals surface area contributed by atoms with Gasteiger partial charge in [-0.15, -0.1) is 11.3 Å². The lowest BCUT2D eigenvalue weighted by molar-refractivity contribution is 0.598. The molecule has 0 aliphatic heterocycles. The van der Waals surface area contributed by atoms with Gasteiger partial charge in [0.2, 0.25) is 0 Å². The summed E-state index contributed by atoms with van der Waals surface area (Å²) in [5, 5.41) is 0. The standard InChI is InChI=1S/C5H6ClNO2S2/c6-4-1-2-5(10-4)11(8,9)3-7/h1-2H,3,7H2. The van der Waals surface area contributed by atoms with Gasteiger partial charge in [0.1, 0.15) is 10.1 Å². The van der Waals surface area contributed by atoms with Gasteiger partial charge in [0.25, 0.3) is 0 Å². The third-order valence-corrected chi connectivity index (χ3v) is 4.30. The largest absolute Gasteiger partial charge is 0.317 e. The number of rotatable bonds is 2. The van der Waals surface area contributed by atoms with Crippen LogP contribution in [0.2, 0.25) is 4.34 Å². The van der Waals surface area contributed by atoms with Crippen LogP contribution < -0.4 is 5.73 Å². The predicted octanol–water partition coefficient (Wildman–Crippen LogP) is 1.09. The minimum Gasteiger partial charge on any atom is -0.317 e. The summed E-state index contributed by atoms with van der Waals surface area (Å²) in [6.07, 6.45) is 0. The summed E-state index contributed by atoms with van der Waals surface area (Å²) < 4.78 is 22.8. The molecule has 0 aromatic carbocycles. The van der Waals surface area contributed by atoms with Crippen LogP contribution >= 0.6 is 22.9 Å². The third-order valence-electron chi connectivity index (χ3n) is 1.07. The quantitative estimate of drug-likeness (QED) is 0.797. The van der Waals surface area contributed by atoms with Crippen LogP contribution in [0.1, 0.15) is 0 Å². The zero-order chi connectivity index (χ0) is 8.48. The van der Waals surface area contributed by atoms with Crippen molar-refractivity contribution < 1.29 is 8.42 Å². The predicted molar refractivity (Wildman–Crippen MR) is 45.6 cm³/mol. The first-order valence-corrected chi connectivity index (χ1v) is 5.59. The molecule has 0 atom stereocenters. The molecule has 62 valence electrons. The minimum absolute atomic E-state index is 0.227. The van der Waals surface area contributed by atoms with Crippen LogP contribution in [0.15, 0.2) is 16.3 Å². The van der Waals surface area contributed by atoms with Crippen LogP contribution in [0.3, 0.4) is 0 Å². The molecule has 0 radical (unpaired) electrons. The van der Waals surface area contributed by atoms with Crippen molar-refractivity contribution >= 4 is 32.8 Å². The first kappa shape index (κ1) is 8.99. The minimum atomic E-state index is -3.27. The van der Waals surface area contributed by atoms with Crippen molar-refractivity contribution in [2.45, 2.75) is 4.21 Å². The van der Waals surface area contributed by atoms with E-state index in [1.165, 1.54) is 12.1 Å². The molecule has 0 fully saturated rings. The molecule has 2 N–H and O–H groups in total. The van der Waals surface area contributed by atoms with Crippen molar-refractivity contribution in [1.82, 2.24) is 0 Å². The van der Waals surface area contributed by atoms with E-state index in [9.17, 15) is 8.42 Å². The Morgan fingerprint density at radius 2 is 2.18 bits per heavy atom. The van der Waals surface area contributed by atoms with Crippen molar-refractivity contribution in [1.29, 1.82) is 0 Å². The molecule has 11 heavy (non-hydrogen) atoms. The number of hydrogen-bond acceptors (Lipinski definition) is 4. The van der Waals surface area contributed by atoms with Crippen LogP contribution in [0.5, 0.6) is 0 Å². The zero-order valence-electron chi connectivity index (χ0n) is 5.45. The van der Waals surface area contributed by atoms with E-state index < -0.39 is 9.84 Å². The fourth-order valence-corrected chi connectivity index (χ4v) is 2.88. The second kappa shape index (κ2) is 3.10. The molecule has 0 saturated carbocycles. The summed E-state index contributed by atoms with van der Waals surface area (Å²) in [5.41, 5.74) is 5.02. The average Bonchev–Trinajstić information content (AvgIpc) is 2.36. The highest BCUT2D eigenvalue weighted by molar-refractivity contribution is 7.93. The monoisotopic (exact) mass is 211 g/mol. The molecule has 1 rings (SSSR count). The highest BCUT2D eigenvalue weighted by Crippen LogP contribution is 2.25. The van der Waals surface area contributed by atoms with E-state index in [1.807, 2.05) is 0 Å². The van der Waals surface area contributed by atoms with Gasteiger partial charge < -0.3 is 5.73 Å². The summed E-state index contributed by atoms with van der Waals surface area (Å²) in [7, 11) is -3.27. The van der Waals surface area contributed by atoms with Crippen molar-refractivity contribution in [3.05, 3.63) is 16.5 Å². The van der Waals surface area contributed by atoms with E-state index in [4.69, 9.17) is 17.3 Å². The molecule has 1 heterocycles. The molecule has 0 amide bonds. The normalized spacial score (nSPS) is 11.8. The molecule has 0 spiro atoms. The van der Waals surface area contributed by atoms with Gasteiger partial charge in [-0.25, -0.2) is 8.42 Å². The van der Waals surface area contributed by atoms with Gasteiger partial charge in [-0.1, -0.05) is 11.6 Å². The highest BCUT2D eigenvalue weighted by Gasteiger charge is 2.13. The van der Waals surface area contributed by atoms with Gasteiger partial charge in [-0.05, 0) is 12.1 Å². The molecule has 6 heteroatoms. The van der Waals surface area contributed by atoms with Crippen LogP contribution in [0, 0.1) is 0 Å². The number of thiophene rings is 1. The summed E-state index contributed by atoms with van der Waals surface area (Å²) >= 11 is 6.55. The smallest absolute Gasteiger partial charge is 0.200 e. The molecule has 0 aliphatic rings. The summed E-state index contributed by atoms with van der Waals surface area (Å²) in [4.78, 5) is 0. The van der Waals surface area contributed by atoms with E-state index in [2.05, 4.69) is 0 Å². The van der Waals surface area contributed by atoms with Crippen molar-refractivity contribution in [2.24, 2.45) is 5.73 Å². The van der Waals surface area contributed by atoms with Gasteiger partial charge in [-0.2, -0.15) is 0 Å². The lowest BCUT2D eigenvalue weighted by Crippen LogP contribution is -2.12. The summed E-state index contributed by atoms with van der Waals surface area (Å²) in [6, 6.07) is 2.99. The Morgan fingerprint density at radius 1 is 1.55 bits per heavy atom. The molecule has 3 nitrogen and oxygen atoms in total. The van der Waals surface area contributed by atoms with Crippen LogP contribution in [0.4, 0.5) is 0 Å². The molecular weight excluding hydrogens is 206 g/mol. The zero-order valence-corrected chi connectivity index (χ0v) is 7.84. The first-order valence-electron chi connectivity index (χ1n) is 2.74. The van der Waals surface area contributed by atoms with E-state index in [-0.39, 0.29) is 10.1 Å². The number of halogens is 1. The second-order valence-electron chi connectivity index (χ2n) is 1.84. The van der Waals surface area contributed by atoms with Gasteiger partial charge >= 0.3 is 0 Å². The van der Waals surface area contributed by atoms with Gasteiger partial charge in [0, 0.05) is 0 Å². The lowest BCUT2D eigenvalue weighted by Gasteiger charge is -1.93. The Labute approximate surface area is 73.7 Å². The summed E-state index contributed by atoms with van der Waals surface area (Å²) in [6.45, 7) is 0. The molecule has 1 aromatic rings. The Morgan fingerprint density at radius 3 is 2.55 bits per heavy atom. The Bertz CT molecular complexity index is 343. The maximum atomic E-state index is 11.0. The number of sulfone groups is 1. The molecule has 0 saturated heterocycles. The Hall–Kier alpha value is -0.100. The Kier molecular flexibility index (Phi) is 2.54. The van der Waals surface area contributed by atoms with Crippen LogP contribution in [-0.4, -0.2) is 14.3 Å². The van der Waals surface area contributed by atoms with Crippen molar-refractivity contribution in [3.8, 4) is 0 Å². The number of nitrogens with two attached hydrogens (primary N) is 1. The maximum absolute atomic E-state index is 11.0. The molecule has 1 aromatic heterocycles. The van der Waals surface area contributed by atoms with Gasteiger partial charge in [0.05, 0.1) is 4.34 Å². The number of hydrogen-bond donors (Lipinski definition) is 1. The molecule has 0 aliphatic carbocycles. The molecular formula is C5H6ClNO2S2. The first-order chi connectivity index (χ1) is 5.06. The van der Waals surface area contributed by atoms with Crippen LogP contribution in [-0.2, 0) is 9.84 Å². The van der Waals surface area contributed by atoms with E-state index in [0.717, 1.165) is 11.3 Å². The third kappa shape index (κ3) is 1.93. The van der Waals surface area contributed by atoms with E-state index in [1.54, 1.807) is 0 Å². The van der Waals surface area contributed by atoms with Gasteiger partial charge in [-0.3, -0.25) is 0 Å². The fraction of sp³-hybridized carbons (Fsp3) is 0.200. The van der Waals surface area contributed by atoms with Crippen LogP contribution in [0.25, 0.3) is 0 Å². The second-order valence-corrected chi connectivity index (χ2v) is 5.82. The van der Waals surface area contributed by atoms with Crippen molar-refractivity contribution in [2.75, 3.05) is 5.88 Å². The summed E-state index contributed by atoms with van der Waals surface area (Å²) in [5.74, 6) is -0.371. The molecule has 0 unspecified atom stereocenters. The highest BCUT2D eigenvalue weighted by atomic mass is 35.5. The topological polar surface area (TPSA) is 60.2 Å². The van der Waals surface area contributed by atoms with Crippen molar-refractivity contribution in [3.63, 3.8) is 0 Å². The SMILES string of the molecule is NCS(=O)(=O)c1ccc(Cl)s1. The van der Waals surface area contributed by atoms with E-state index in [0.29, 0.717) is 4.34 Å². The van der Waals surface area contributed by atoms with E-state index >= 15 is 0 Å². The molecule has 0 bridgehead atoms. The Balaban J connectivity index is 3.13. The lowest BCUT2D eigenvalue weighted by atomic mass is 10.7. The fourth-order valence-electron chi connectivity index (χ4n) is 0.547. The average molecular weight is 212 g/mol.